The van der Waals surface area contributed by atoms with Crippen molar-refractivity contribution in [2.45, 2.75) is 32.8 Å². The van der Waals surface area contributed by atoms with Crippen LogP contribution in [0.2, 0.25) is 0 Å². The molecule has 0 fully saturated rings. The smallest absolute Gasteiger partial charge is 0.411 e. The first-order chi connectivity index (χ1) is 7.97. The fourth-order valence-corrected chi connectivity index (χ4v) is 1.84. The predicted octanol–water partition coefficient (Wildman–Crippen LogP) is 1.71. The van der Waals surface area contributed by atoms with Crippen molar-refractivity contribution in [1.82, 2.24) is 4.99 Å². The molecule has 0 unspecified atom stereocenters. The Hall–Kier alpha value is -1.64. The zero-order valence-corrected chi connectivity index (χ0v) is 10.5. The Balaban J connectivity index is 2.28. The fraction of sp³-hybridized carbons (Fsp3) is 0.429. The van der Waals surface area contributed by atoms with Crippen molar-refractivity contribution in [2.75, 3.05) is 6.54 Å². The maximum atomic E-state index is 12.0. The van der Waals surface area contributed by atoms with Gasteiger partial charge in [-0.15, -0.1) is 0 Å². The number of carbonyl (C=O) groups excluding carboxylic acids is 1. The molecule has 89 valence electrons. The van der Waals surface area contributed by atoms with Gasteiger partial charge in [0.25, 0.3) is 0 Å². The van der Waals surface area contributed by atoms with Crippen molar-refractivity contribution < 1.29 is 9.53 Å². The van der Waals surface area contributed by atoms with Gasteiger partial charge in [0, 0.05) is 11.4 Å². The highest BCUT2D eigenvalue weighted by molar-refractivity contribution is 6.43. The molecule has 1 radical (unpaired) electrons. The molecular weight excluding hydrogens is 214 g/mol. The van der Waals surface area contributed by atoms with Crippen LogP contribution in [0.4, 0.5) is 0 Å². The van der Waals surface area contributed by atoms with Gasteiger partial charge in [-0.05, 0) is 32.4 Å². The third-order valence-electron chi connectivity index (χ3n) is 2.52. The number of nitrogens with zero attached hydrogens (tertiary/aromatic N) is 1. The van der Waals surface area contributed by atoms with Crippen molar-refractivity contribution in [3.63, 3.8) is 0 Å². The average molecular weight is 231 g/mol. The van der Waals surface area contributed by atoms with Gasteiger partial charge in [-0.25, -0.2) is 4.79 Å². The first kappa shape index (κ1) is 11.8. The molecule has 0 aliphatic carbocycles. The Kier molecular flexibility index (Phi) is 3.01. The van der Waals surface area contributed by atoms with E-state index >= 15 is 0 Å². The van der Waals surface area contributed by atoms with Crippen molar-refractivity contribution in [3.05, 3.63) is 35.4 Å². The minimum absolute atomic E-state index is 0.329. The summed E-state index contributed by atoms with van der Waals surface area (Å²) in [4.78, 5) is 16.3. The van der Waals surface area contributed by atoms with Gasteiger partial charge in [-0.1, -0.05) is 18.2 Å². The molecule has 0 aromatic heterocycles. The summed E-state index contributed by atoms with van der Waals surface area (Å²) in [7, 11) is 0. The summed E-state index contributed by atoms with van der Waals surface area (Å²) >= 11 is 0. The SMILES string of the molecule is CC(C)(C)OC(=O)C1=[N+]CCc2ccccc21. The number of aliphatic imine (C=N–C) groups is 1. The van der Waals surface area contributed by atoms with E-state index in [4.69, 9.17) is 4.74 Å². The Bertz CT molecular complexity index is 469. The highest BCUT2D eigenvalue weighted by Crippen LogP contribution is 2.16. The molecule has 1 heterocycles. The fourth-order valence-electron chi connectivity index (χ4n) is 1.84. The number of rotatable bonds is 1. The molecule has 2 rings (SSSR count). The number of esters is 1. The van der Waals surface area contributed by atoms with Crippen LogP contribution in [0, 0.1) is 0 Å². The number of hydrogen-bond donors (Lipinski definition) is 0. The largest absolute Gasteiger partial charge is 0.452 e. The summed E-state index contributed by atoms with van der Waals surface area (Å²) < 4.78 is 5.36. The number of ether oxygens (including phenoxy) is 1. The monoisotopic (exact) mass is 231 g/mol. The quantitative estimate of drug-likeness (QED) is 0.690. The summed E-state index contributed by atoms with van der Waals surface area (Å²) in [5.41, 5.74) is 2.06. The normalized spacial score (nSPS) is 14.9. The van der Waals surface area contributed by atoms with Gasteiger partial charge in [0.15, 0.2) is 0 Å². The zero-order valence-electron chi connectivity index (χ0n) is 10.5. The van der Waals surface area contributed by atoms with E-state index in [9.17, 15) is 4.79 Å². The third kappa shape index (κ3) is 2.73. The molecular formula is C14H17NO2+. The highest BCUT2D eigenvalue weighted by Gasteiger charge is 2.33. The predicted molar refractivity (Wildman–Crippen MR) is 67.1 cm³/mol. The topological polar surface area (TPSA) is 40.4 Å². The Labute approximate surface area is 102 Å². The molecule has 1 aliphatic heterocycles. The summed E-state index contributed by atoms with van der Waals surface area (Å²) in [5, 5.41) is 0. The minimum Gasteiger partial charge on any atom is -0.452 e. The van der Waals surface area contributed by atoms with Gasteiger partial charge in [-0.2, -0.15) is 0 Å². The van der Waals surface area contributed by atoms with Crippen LogP contribution in [-0.2, 0) is 16.0 Å². The maximum absolute atomic E-state index is 12.0. The van der Waals surface area contributed by atoms with Crippen LogP contribution in [0.3, 0.4) is 0 Å². The lowest BCUT2D eigenvalue weighted by atomic mass is 9.97. The van der Waals surface area contributed by atoms with E-state index in [0.29, 0.717) is 12.3 Å². The van der Waals surface area contributed by atoms with Crippen LogP contribution in [0.5, 0.6) is 0 Å². The second kappa shape index (κ2) is 4.32. The van der Waals surface area contributed by atoms with Crippen molar-refractivity contribution in [1.29, 1.82) is 0 Å². The molecule has 0 bridgehead atoms. The van der Waals surface area contributed by atoms with E-state index in [1.54, 1.807) is 0 Å². The lowest BCUT2D eigenvalue weighted by Gasteiger charge is -2.18. The summed E-state index contributed by atoms with van der Waals surface area (Å²) in [5.74, 6) is -0.329. The second-order valence-corrected chi connectivity index (χ2v) is 5.14. The van der Waals surface area contributed by atoms with E-state index in [-0.39, 0.29) is 5.97 Å². The molecule has 0 saturated carbocycles. The maximum Gasteiger partial charge on any atom is 0.411 e. The number of hydrogen-bond acceptors (Lipinski definition) is 3. The molecule has 1 aliphatic rings. The van der Waals surface area contributed by atoms with E-state index in [0.717, 1.165) is 12.0 Å². The minimum atomic E-state index is -0.480. The van der Waals surface area contributed by atoms with Crippen LogP contribution < -0.4 is 4.99 Å². The molecule has 1 aromatic carbocycles. The Morgan fingerprint density at radius 2 is 2.00 bits per heavy atom. The first-order valence-corrected chi connectivity index (χ1v) is 5.83. The van der Waals surface area contributed by atoms with E-state index in [2.05, 4.69) is 4.99 Å². The van der Waals surface area contributed by atoms with Crippen LogP contribution in [0.15, 0.2) is 24.3 Å². The van der Waals surface area contributed by atoms with Crippen LogP contribution >= 0.6 is 0 Å². The average Bonchev–Trinajstić information content (AvgIpc) is 2.26. The lowest BCUT2D eigenvalue weighted by molar-refractivity contribution is -0.146. The lowest BCUT2D eigenvalue weighted by Crippen LogP contribution is -2.34. The number of carbonyl (C=O) groups is 1. The standard InChI is InChI=1S/C14H17NO2/c1-14(2,3)17-13(16)12-11-7-5-4-6-10(11)8-9-15-12/h4-7H,8-9H2,1-3H3/q+1. The molecule has 1 aromatic rings. The van der Waals surface area contributed by atoms with Crippen molar-refractivity contribution in [3.8, 4) is 0 Å². The van der Waals surface area contributed by atoms with E-state index < -0.39 is 5.60 Å². The Morgan fingerprint density at radius 3 is 2.71 bits per heavy atom. The molecule has 0 saturated heterocycles. The number of fused-ring (bicyclic) bond motifs is 1. The summed E-state index contributed by atoms with van der Waals surface area (Å²) in [6.45, 7) is 6.24. The summed E-state index contributed by atoms with van der Waals surface area (Å²) in [6, 6.07) is 7.87. The zero-order chi connectivity index (χ0) is 12.5. The molecule has 17 heavy (non-hydrogen) atoms. The highest BCUT2D eigenvalue weighted by atomic mass is 16.6. The van der Waals surface area contributed by atoms with Gasteiger partial charge in [0.2, 0.25) is 6.54 Å². The van der Waals surface area contributed by atoms with Crippen LogP contribution in [-0.4, -0.2) is 23.8 Å². The number of benzene rings is 1. The molecule has 0 atom stereocenters. The van der Waals surface area contributed by atoms with Crippen molar-refractivity contribution in [2.24, 2.45) is 0 Å². The molecule has 0 N–H and O–H groups in total. The van der Waals surface area contributed by atoms with Crippen LogP contribution in [0.25, 0.3) is 0 Å². The van der Waals surface area contributed by atoms with Gasteiger partial charge < -0.3 is 4.74 Å². The second-order valence-electron chi connectivity index (χ2n) is 5.14. The molecule has 0 amide bonds. The van der Waals surface area contributed by atoms with Gasteiger partial charge in [0.1, 0.15) is 5.60 Å². The van der Waals surface area contributed by atoms with Crippen LogP contribution in [0.1, 0.15) is 31.9 Å². The van der Waals surface area contributed by atoms with Gasteiger partial charge in [0.05, 0.1) is 5.56 Å². The molecule has 3 heteroatoms. The first-order valence-electron chi connectivity index (χ1n) is 5.83. The van der Waals surface area contributed by atoms with E-state index in [1.807, 2.05) is 45.0 Å². The third-order valence-corrected chi connectivity index (χ3v) is 2.52. The molecule has 0 spiro atoms. The summed E-state index contributed by atoms with van der Waals surface area (Å²) in [6.07, 6.45) is 0.891. The van der Waals surface area contributed by atoms with E-state index in [1.165, 1.54) is 5.56 Å². The van der Waals surface area contributed by atoms with Gasteiger partial charge >= 0.3 is 11.7 Å². The molecule has 3 nitrogen and oxygen atoms in total. The van der Waals surface area contributed by atoms with Gasteiger partial charge in [-0.3, -0.25) is 0 Å². The van der Waals surface area contributed by atoms with Crippen molar-refractivity contribution >= 4 is 11.7 Å². The Morgan fingerprint density at radius 1 is 1.29 bits per heavy atom.